The van der Waals surface area contributed by atoms with Gasteiger partial charge in [-0.2, -0.15) is 13.2 Å². The Bertz CT molecular complexity index is 1330. The van der Waals surface area contributed by atoms with Crippen LogP contribution in [0.15, 0.2) is 65.6 Å². The Morgan fingerprint density at radius 3 is 2.53 bits per heavy atom. The quantitative estimate of drug-likeness (QED) is 0.279. The maximum Gasteiger partial charge on any atom is 0.416 e. The summed E-state index contributed by atoms with van der Waals surface area (Å²) in [5.41, 5.74) is 3.25. The number of imidazole rings is 1. The average Bonchev–Trinajstić information content (AvgIpc) is 3.22. The number of aliphatic carboxylic acids is 1. The van der Waals surface area contributed by atoms with Gasteiger partial charge in [0, 0.05) is 15.7 Å². The molecule has 0 aliphatic carbocycles. The van der Waals surface area contributed by atoms with E-state index in [1.165, 1.54) is 12.1 Å². The van der Waals surface area contributed by atoms with Gasteiger partial charge in [-0.15, -0.1) is 11.8 Å². The average molecular weight is 487 g/mol. The highest BCUT2D eigenvalue weighted by atomic mass is 32.2. The van der Waals surface area contributed by atoms with E-state index in [9.17, 15) is 18.0 Å². The summed E-state index contributed by atoms with van der Waals surface area (Å²) in [7, 11) is 0. The van der Waals surface area contributed by atoms with Crippen molar-refractivity contribution < 1.29 is 27.8 Å². The van der Waals surface area contributed by atoms with Crippen molar-refractivity contribution >= 4 is 28.8 Å². The molecule has 0 radical (unpaired) electrons. The highest BCUT2D eigenvalue weighted by Crippen LogP contribution is 2.39. The van der Waals surface area contributed by atoms with E-state index in [-0.39, 0.29) is 5.25 Å². The molecule has 0 saturated carbocycles. The molecule has 4 aromatic rings. The van der Waals surface area contributed by atoms with Crippen LogP contribution in [0.5, 0.6) is 5.75 Å². The van der Waals surface area contributed by atoms with Crippen LogP contribution >= 0.6 is 11.8 Å². The molecular weight excluding hydrogens is 465 g/mol. The molecule has 0 spiro atoms. The minimum absolute atomic E-state index is 0.0256. The molecule has 4 rings (SSSR count). The lowest BCUT2D eigenvalue weighted by atomic mass is 10.1. The van der Waals surface area contributed by atoms with E-state index < -0.39 is 24.3 Å². The number of aromatic amines is 1. The standard InChI is InChI=1S/C25H21F3N2O3S/c1-14-12-18(10-11-21(14)33-13-22(31)32)34-15(2)19-4-3-5-20-23(19)30-24(29-20)16-6-8-17(9-7-16)25(26,27)28/h3-12,15H,13H2,1-2H3,(H,29,30)(H,31,32). The van der Waals surface area contributed by atoms with Crippen molar-refractivity contribution in [1.29, 1.82) is 0 Å². The first-order valence-electron chi connectivity index (χ1n) is 10.4. The van der Waals surface area contributed by atoms with Gasteiger partial charge in [0.2, 0.25) is 0 Å². The Morgan fingerprint density at radius 2 is 1.88 bits per heavy atom. The number of nitrogens with zero attached hydrogens (tertiary/aromatic N) is 1. The summed E-state index contributed by atoms with van der Waals surface area (Å²) < 4.78 is 43.9. The Morgan fingerprint density at radius 1 is 1.15 bits per heavy atom. The van der Waals surface area contributed by atoms with E-state index in [1.807, 2.05) is 37.3 Å². The van der Waals surface area contributed by atoms with Crippen molar-refractivity contribution in [3.63, 3.8) is 0 Å². The van der Waals surface area contributed by atoms with Crippen LogP contribution in [0.25, 0.3) is 22.4 Å². The summed E-state index contributed by atoms with van der Waals surface area (Å²) in [4.78, 5) is 19.6. The van der Waals surface area contributed by atoms with Gasteiger partial charge in [0.05, 0.1) is 16.6 Å². The number of hydrogen-bond acceptors (Lipinski definition) is 4. The van der Waals surface area contributed by atoms with Crippen LogP contribution in [0.4, 0.5) is 13.2 Å². The van der Waals surface area contributed by atoms with E-state index in [0.29, 0.717) is 17.1 Å². The Hall–Kier alpha value is -3.46. The van der Waals surface area contributed by atoms with Gasteiger partial charge in [0.1, 0.15) is 11.6 Å². The summed E-state index contributed by atoms with van der Waals surface area (Å²) in [6.45, 7) is 3.51. The molecule has 3 aromatic carbocycles. The Balaban J connectivity index is 1.57. The number of carboxylic acids is 1. The summed E-state index contributed by atoms with van der Waals surface area (Å²) in [5, 5.41) is 8.81. The number of carbonyl (C=O) groups is 1. The molecule has 0 aliphatic rings. The largest absolute Gasteiger partial charge is 0.482 e. The fourth-order valence-corrected chi connectivity index (χ4v) is 4.72. The van der Waals surface area contributed by atoms with Crippen LogP contribution in [-0.2, 0) is 11.0 Å². The van der Waals surface area contributed by atoms with Crippen molar-refractivity contribution in [2.45, 2.75) is 30.2 Å². The normalized spacial score (nSPS) is 12.6. The molecular formula is C25H21F3N2O3S. The Labute approximate surface area is 198 Å². The molecule has 0 fully saturated rings. The third-order valence-corrected chi connectivity index (χ3v) is 6.41. The molecule has 0 saturated heterocycles. The zero-order valence-corrected chi connectivity index (χ0v) is 19.1. The molecule has 2 N–H and O–H groups in total. The first-order valence-corrected chi connectivity index (χ1v) is 11.3. The predicted octanol–water partition coefficient (Wildman–Crippen LogP) is 6.87. The molecule has 9 heteroatoms. The van der Waals surface area contributed by atoms with Crippen LogP contribution in [-0.4, -0.2) is 27.7 Å². The third kappa shape index (κ3) is 5.20. The molecule has 0 bridgehead atoms. The number of ether oxygens (including phenoxy) is 1. The van der Waals surface area contributed by atoms with E-state index >= 15 is 0 Å². The molecule has 0 aliphatic heterocycles. The molecule has 1 atom stereocenters. The lowest BCUT2D eigenvalue weighted by Gasteiger charge is -2.14. The first-order chi connectivity index (χ1) is 16.1. The van der Waals surface area contributed by atoms with E-state index in [1.54, 1.807) is 17.8 Å². The van der Waals surface area contributed by atoms with E-state index in [4.69, 9.17) is 9.84 Å². The van der Waals surface area contributed by atoms with Gasteiger partial charge in [-0.05, 0) is 61.4 Å². The van der Waals surface area contributed by atoms with Crippen LogP contribution in [0.1, 0.15) is 28.9 Å². The summed E-state index contributed by atoms with van der Waals surface area (Å²) in [6, 6.07) is 16.3. The number of aromatic nitrogens is 2. The zero-order valence-electron chi connectivity index (χ0n) is 18.3. The molecule has 1 aromatic heterocycles. The summed E-state index contributed by atoms with van der Waals surface area (Å²) in [5.74, 6) is -0.00613. The van der Waals surface area contributed by atoms with Crippen molar-refractivity contribution in [1.82, 2.24) is 9.97 Å². The lowest BCUT2D eigenvalue weighted by Crippen LogP contribution is -2.10. The molecule has 1 unspecified atom stereocenters. The van der Waals surface area contributed by atoms with Crippen molar-refractivity contribution in [2.24, 2.45) is 0 Å². The molecule has 1 heterocycles. The smallest absolute Gasteiger partial charge is 0.416 e. The third-order valence-electron chi connectivity index (χ3n) is 5.28. The number of aryl methyl sites for hydroxylation is 1. The van der Waals surface area contributed by atoms with Gasteiger partial charge in [-0.1, -0.05) is 24.3 Å². The Kier molecular flexibility index (Phi) is 6.56. The minimum Gasteiger partial charge on any atom is -0.482 e. The van der Waals surface area contributed by atoms with Crippen molar-refractivity contribution in [3.8, 4) is 17.1 Å². The van der Waals surface area contributed by atoms with E-state index in [2.05, 4.69) is 16.9 Å². The first kappa shape index (κ1) is 23.7. The fourth-order valence-electron chi connectivity index (χ4n) is 3.60. The number of alkyl halides is 3. The van der Waals surface area contributed by atoms with Gasteiger partial charge in [0.15, 0.2) is 6.61 Å². The SMILES string of the molecule is Cc1cc(SC(C)c2cccc3[nH]c(-c4ccc(C(F)(F)F)cc4)nc23)ccc1OCC(=O)O. The number of carboxylic acid groups (broad SMARTS) is 1. The zero-order chi connectivity index (χ0) is 24.5. The topological polar surface area (TPSA) is 75.2 Å². The lowest BCUT2D eigenvalue weighted by molar-refractivity contribution is -0.139. The second-order valence-corrected chi connectivity index (χ2v) is 9.19. The van der Waals surface area contributed by atoms with Gasteiger partial charge in [0.25, 0.3) is 0 Å². The summed E-state index contributed by atoms with van der Waals surface area (Å²) in [6.07, 6.45) is -4.38. The molecule has 5 nitrogen and oxygen atoms in total. The highest BCUT2D eigenvalue weighted by Gasteiger charge is 2.30. The number of benzene rings is 3. The van der Waals surface area contributed by atoms with Crippen LogP contribution < -0.4 is 4.74 Å². The number of H-pyrrole nitrogens is 1. The summed E-state index contributed by atoms with van der Waals surface area (Å²) >= 11 is 1.62. The van der Waals surface area contributed by atoms with Crippen LogP contribution in [0.3, 0.4) is 0 Å². The van der Waals surface area contributed by atoms with E-state index in [0.717, 1.165) is 39.2 Å². The maximum absolute atomic E-state index is 12.9. The number of hydrogen-bond donors (Lipinski definition) is 2. The fraction of sp³-hybridized carbons (Fsp3) is 0.200. The predicted molar refractivity (Wildman–Crippen MR) is 125 cm³/mol. The minimum atomic E-state index is -4.38. The molecule has 34 heavy (non-hydrogen) atoms. The van der Waals surface area contributed by atoms with Gasteiger partial charge >= 0.3 is 12.1 Å². The van der Waals surface area contributed by atoms with Crippen LogP contribution in [0.2, 0.25) is 0 Å². The monoisotopic (exact) mass is 486 g/mol. The number of nitrogens with one attached hydrogen (secondary N) is 1. The number of fused-ring (bicyclic) bond motifs is 1. The van der Waals surface area contributed by atoms with Crippen LogP contribution in [0, 0.1) is 6.92 Å². The second-order valence-electron chi connectivity index (χ2n) is 7.77. The van der Waals surface area contributed by atoms with Gasteiger partial charge in [-0.25, -0.2) is 9.78 Å². The van der Waals surface area contributed by atoms with Crippen molar-refractivity contribution in [3.05, 3.63) is 77.4 Å². The molecule has 0 amide bonds. The van der Waals surface area contributed by atoms with Gasteiger partial charge in [-0.3, -0.25) is 0 Å². The number of halogens is 3. The second kappa shape index (κ2) is 9.42. The highest BCUT2D eigenvalue weighted by molar-refractivity contribution is 7.99. The number of thioether (sulfide) groups is 1. The number of rotatable bonds is 7. The molecule has 176 valence electrons. The maximum atomic E-state index is 12.9. The number of para-hydroxylation sites is 1. The van der Waals surface area contributed by atoms with Crippen molar-refractivity contribution in [2.75, 3.05) is 6.61 Å². The van der Waals surface area contributed by atoms with Gasteiger partial charge < -0.3 is 14.8 Å².